The van der Waals surface area contributed by atoms with E-state index in [1.54, 1.807) is 6.20 Å². The van der Waals surface area contributed by atoms with Crippen molar-refractivity contribution in [3.05, 3.63) is 17.5 Å². The molecule has 0 saturated heterocycles. The molecule has 58 valence electrons. The third-order valence-electron chi connectivity index (χ3n) is 1.56. The minimum Gasteiger partial charge on any atom is -0.395 e. The van der Waals surface area contributed by atoms with Crippen molar-refractivity contribution in [2.75, 3.05) is 5.73 Å². The van der Waals surface area contributed by atoms with Gasteiger partial charge in [-0.05, 0) is 19.4 Å². The zero-order valence-corrected chi connectivity index (χ0v) is 7.27. The van der Waals surface area contributed by atoms with Gasteiger partial charge in [0.05, 0.1) is 11.4 Å². The van der Waals surface area contributed by atoms with Crippen molar-refractivity contribution in [1.29, 1.82) is 0 Å². The van der Waals surface area contributed by atoms with Gasteiger partial charge < -0.3 is 5.73 Å². The predicted molar refractivity (Wildman–Crippen MR) is 47.6 cm³/mol. The summed E-state index contributed by atoms with van der Waals surface area (Å²) >= 11 is 4.57. The third kappa shape index (κ3) is 1.35. The zero-order valence-electron chi connectivity index (χ0n) is 6.46. The van der Waals surface area contributed by atoms with Crippen molar-refractivity contribution in [2.24, 2.45) is 4.36 Å². The van der Waals surface area contributed by atoms with E-state index in [1.165, 1.54) is 0 Å². The van der Waals surface area contributed by atoms with E-state index in [0.717, 1.165) is 11.3 Å². The highest BCUT2D eigenvalue weighted by Gasteiger charge is 2.04. The van der Waals surface area contributed by atoms with Gasteiger partial charge in [0.2, 0.25) is 0 Å². The van der Waals surface area contributed by atoms with Crippen molar-refractivity contribution < 1.29 is 0 Å². The van der Waals surface area contributed by atoms with Crippen molar-refractivity contribution in [1.82, 2.24) is 4.98 Å². The maximum atomic E-state index is 5.67. The molecule has 0 aliphatic rings. The first kappa shape index (κ1) is 8.07. The number of nitrogens with two attached hydrogens (primary N) is 1. The molecule has 0 unspecified atom stereocenters. The summed E-state index contributed by atoms with van der Waals surface area (Å²) in [5, 5.41) is 0. The number of hydrogen-bond donors (Lipinski definition) is 1. The lowest BCUT2D eigenvalue weighted by Crippen LogP contribution is -1.94. The normalized spacial score (nSPS) is 9.64. The van der Waals surface area contributed by atoms with Gasteiger partial charge >= 0.3 is 0 Å². The highest BCUT2D eigenvalue weighted by Crippen LogP contribution is 2.26. The van der Waals surface area contributed by atoms with Crippen LogP contribution in [0.1, 0.15) is 11.3 Å². The first-order valence-electron chi connectivity index (χ1n) is 3.22. The van der Waals surface area contributed by atoms with Crippen LogP contribution in [-0.4, -0.2) is 4.98 Å². The van der Waals surface area contributed by atoms with E-state index in [2.05, 4.69) is 21.8 Å². The Morgan fingerprint density at radius 3 is 2.64 bits per heavy atom. The van der Waals surface area contributed by atoms with E-state index >= 15 is 0 Å². The van der Waals surface area contributed by atoms with Crippen molar-refractivity contribution in [2.45, 2.75) is 13.8 Å². The molecule has 2 N–H and O–H groups in total. The van der Waals surface area contributed by atoms with Gasteiger partial charge in [-0.15, -0.1) is 0 Å². The van der Waals surface area contributed by atoms with E-state index in [4.69, 9.17) is 5.73 Å². The number of aromatic nitrogens is 1. The molecule has 1 aromatic heterocycles. The van der Waals surface area contributed by atoms with E-state index in [1.807, 2.05) is 13.8 Å². The topological polar surface area (TPSA) is 51.3 Å². The molecular weight excluding hydrogens is 158 g/mol. The van der Waals surface area contributed by atoms with Crippen LogP contribution < -0.4 is 5.73 Å². The summed E-state index contributed by atoms with van der Waals surface area (Å²) in [5.74, 6) is 0. The van der Waals surface area contributed by atoms with Crippen LogP contribution >= 0.6 is 0 Å². The fourth-order valence-electron chi connectivity index (χ4n) is 0.829. The molecule has 3 nitrogen and oxygen atoms in total. The van der Waals surface area contributed by atoms with Gasteiger partial charge in [-0.25, -0.2) is 0 Å². The molecular formula is C7H9N3S. The molecule has 0 atom stereocenters. The third-order valence-corrected chi connectivity index (χ3v) is 1.74. The molecule has 0 radical (unpaired) electrons. The average Bonchev–Trinajstić information content (AvgIpc) is 1.99. The van der Waals surface area contributed by atoms with Gasteiger partial charge in [0.25, 0.3) is 0 Å². The second-order valence-electron chi connectivity index (χ2n) is 2.38. The van der Waals surface area contributed by atoms with Crippen molar-refractivity contribution in [3.63, 3.8) is 0 Å². The maximum absolute atomic E-state index is 5.67. The summed E-state index contributed by atoms with van der Waals surface area (Å²) in [6, 6.07) is 0. The molecule has 1 heterocycles. The highest BCUT2D eigenvalue weighted by molar-refractivity contribution is 7.47. The maximum Gasteiger partial charge on any atom is 0.106 e. The average molecular weight is 167 g/mol. The van der Waals surface area contributed by atoms with Crippen LogP contribution in [0.5, 0.6) is 0 Å². The largest absolute Gasteiger partial charge is 0.395 e. The Balaban J connectivity index is 3.40. The van der Waals surface area contributed by atoms with Crippen molar-refractivity contribution >= 4 is 23.8 Å². The van der Waals surface area contributed by atoms with Crippen LogP contribution in [0.2, 0.25) is 0 Å². The van der Waals surface area contributed by atoms with Crippen LogP contribution in [0.15, 0.2) is 10.6 Å². The predicted octanol–water partition coefficient (Wildman–Crippen LogP) is 1.64. The molecule has 0 fully saturated rings. The van der Waals surface area contributed by atoms with Gasteiger partial charge in [-0.2, -0.15) is 4.36 Å². The minimum absolute atomic E-state index is 0.583. The molecule has 0 amide bonds. The van der Waals surface area contributed by atoms with Crippen LogP contribution in [0.4, 0.5) is 11.4 Å². The van der Waals surface area contributed by atoms with Crippen molar-refractivity contribution in [3.8, 4) is 0 Å². The van der Waals surface area contributed by atoms with Crippen LogP contribution in [0, 0.1) is 13.8 Å². The van der Waals surface area contributed by atoms with Gasteiger partial charge in [-0.3, -0.25) is 4.98 Å². The number of nitrogen functional groups attached to an aromatic ring is 1. The van der Waals surface area contributed by atoms with Gasteiger partial charge in [-0.1, -0.05) is 0 Å². The molecule has 0 aliphatic carbocycles. The molecule has 0 saturated carbocycles. The second kappa shape index (κ2) is 2.92. The lowest BCUT2D eigenvalue weighted by atomic mass is 10.2. The van der Waals surface area contributed by atoms with Crippen LogP contribution in [-0.2, 0) is 12.4 Å². The Bertz CT molecular complexity index is 296. The van der Waals surface area contributed by atoms with Gasteiger partial charge in [0, 0.05) is 18.6 Å². The summed E-state index contributed by atoms with van der Waals surface area (Å²) < 4.78 is 3.65. The molecule has 1 rings (SSSR count). The van der Waals surface area contributed by atoms with Gasteiger partial charge in [0.1, 0.15) is 5.69 Å². The Morgan fingerprint density at radius 1 is 1.55 bits per heavy atom. The molecule has 1 aromatic rings. The first-order valence-corrected chi connectivity index (χ1v) is 3.58. The lowest BCUT2D eigenvalue weighted by Gasteiger charge is -2.03. The summed E-state index contributed by atoms with van der Waals surface area (Å²) in [6.07, 6.45) is 1.72. The summed E-state index contributed by atoms with van der Waals surface area (Å²) in [6.45, 7) is 3.72. The van der Waals surface area contributed by atoms with Gasteiger partial charge in [0.15, 0.2) is 0 Å². The van der Waals surface area contributed by atoms with E-state index in [9.17, 15) is 0 Å². The first-order chi connectivity index (χ1) is 5.16. The van der Waals surface area contributed by atoms with E-state index in [0.29, 0.717) is 11.4 Å². The highest BCUT2D eigenvalue weighted by atomic mass is 32.1. The monoisotopic (exact) mass is 167 g/mol. The Morgan fingerprint density at radius 2 is 2.18 bits per heavy atom. The lowest BCUT2D eigenvalue weighted by molar-refractivity contribution is 1.17. The molecule has 0 aromatic carbocycles. The fraction of sp³-hybridized carbons (Fsp3) is 0.286. The summed E-state index contributed by atoms with van der Waals surface area (Å²) in [4.78, 5) is 4.06. The smallest absolute Gasteiger partial charge is 0.106 e. The second-order valence-corrected chi connectivity index (χ2v) is 2.56. The molecule has 11 heavy (non-hydrogen) atoms. The standard InChI is InChI=1S/C7H9N3S/c1-4-3-9-5(2)6(8)7(4)10-11/h3H,8H2,1-2H3. The Labute approximate surface area is 70.8 Å². The molecule has 0 bridgehead atoms. The number of pyridine rings is 1. The molecule has 4 heteroatoms. The molecule has 0 aliphatic heterocycles. The number of aryl methyl sites for hydroxylation is 2. The fourth-order valence-corrected chi connectivity index (χ4v) is 1.07. The number of hydrogen-bond acceptors (Lipinski definition) is 4. The quantitative estimate of drug-likeness (QED) is 0.691. The van der Waals surface area contributed by atoms with E-state index < -0.39 is 0 Å². The van der Waals surface area contributed by atoms with Crippen LogP contribution in [0.25, 0.3) is 0 Å². The number of nitrogens with zero attached hydrogens (tertiary/aromatic N) is 2. The zero-order chi connectivity index (χ0) is 8.43. The number of rotatable bonds is 1. The minimum atomic E-state index is 0.583. The Kier molecular flexibility index (Phi) is 2.14. The van der Waals surface area contributed by atoms with E-state index in [-0.39, 0.29) is 0 Å². The number of anilines is 1. The molecule has 0 spiro atoms. The summed E-state index contributed by atoms with van der Waals surface area (Å²) in [7, 11) is 0. The summed E-state index contributed by atoms with van der Waals surface area (Å²) in [5.41, 5.74) is 8.62. The SMILES string of the molecule is Cc1cnc(C)c(N)c1N=S. The Hall–Kier alpha value is -1.03. The van der Waals surface area contributed by atoms with Crippen LogP contribution in [0.3, 0.4) is 0 Å².